The SMILES string of the molecule is COc1cc(-c2cccc(-c3cccc(NCc4cc(OC)c(CN5CCCC5)cc4Cl)c3C=N)c2Cl)ccc1CNCCO. The molecule has 4 N–H and O–H groups in total. The van der Waals surface area contributed by atoms with Crippen molar-refractivity contribution in [2.24, 2.45) is 0 Å². The Morgan fingerprint density at radius 2 is 1.56 bits per heavy atom. The van der Waals surface area contributed by atoms with Crippen LogP contribution in [0.5, 0.6) is 11.5 Å². The molecular formula is C36H40Cl2N4O3. The predicted molar refractivity (Wildman–Crippen MR) is 185 cm³/mol. The lowest BCUT2D eigenvalue weighted by Crippen LogP contribution is -2.19. The molecule has 0 radical (unpaired) electrons. The molecule has 1 fully saturated rings. The quantitative estimate of drug-likeness (QED) is 0.0832. The summed E-state index contributed by atoms with van der Waals surface area (Å²) in [7, 11) is 3.34. The largest absolute Gasteiger partial charge is 0.496 e. The summed E-state index contributed by atoms with van der Waals surface area (Å²) in [6.07, 6.45) is 3.82. The van der Waals surface area contributed by atoms with E-state index >= 15 is 0 Å². The normalized spacial score (nSPS) is 13.2. The average Bonchev–Trinajstić information content (AvgIpc) is 3.58. The highest BCUT2D eigenvalue weighted by Gasteiger charge is 2.18. The summed E-state index contributed by atoms with van der Waals surface area (Å²) < 4.78 is 11.4. The van der Waals surface area contributed by atoms with E-state index in [2.05, 4.69) is 15.5 Å². The number of likely N-dealkylation sites (tertiary alicyclic amines) is 1. The first-order valence-corrected chi connectivity index (χ1v) is 16.0. The van der Waals surface area contributed by atoms with Crippen LogP contribution in [-0.2, 0) is 19.6 Å². The number of nitrogens with one attached hydrogen (secondary N) is 3. The van der Waals surface area contributed by atoms with Crippen LogP contribution >= 0.6 is 23.2 Å². The van der Waals surface area contributed by atoms with Crippen molar-refractivity contribution in [3.8, 4) is 33.8 Å². The molecule has 0 bridgehead atoms. The Morgan fingerprint density at radius 3 is 2.29 bits per heavy atom. The van der Waals surface area contributed by atoms with Crippen LogP contribution in [-0.4, -0.2) is 56.7 Å². The van der Waals surface area contributed by atoms with Gasteiger partial charge in [-0.2, -0.15) is 0 Å². The zero-order chi connectivity index (χ0) is 31.8. The molecule has 0 saturated carbocycles. The number of anilines is 1. The molecule has 236 valence electrons. The highest BCUT2D eigenvalue weighted by atomic mass is 35.5. The Kier molecular flexibility index (Phi) is 11.4. The van der Waals surface area contributed by atoms with E-state index in [1.807, 2.05) is 66.7 Å². The molecule has 0 atom stereocenters. The van der Waals surface area contributed by atoms with Gasteiger partial charge in [-0.1, -0.05) is 65.7 Å². The number of aliphatic hydroxyl groups is 1. The molecule has 0 aromatic heterocycles. The smallest absolute Gasteiger partial charge is 0.123 e. The average molecular weight is 648 g/mol. The van der Waals surface area contributed by atoms with Crippen LogP contribution in [0.15, 0.2) is 66.7 Å². The maximum atomic E-state index is 9.09. The zero-order valence-electron chi connectivity index (χ0n) is 25.8. The minimum Gasteiger partial charge on any atom is -0.496 e. The van der Waals surface area contributed by atoms with Crippen LogP contribution < -0.4 is 20.1 Å². The van der Waals surface area contributed by atoms with E-state index < -0.39 is 0 Å². The Morgan fingerprint density at radius 1 is 0.844 bits per heavy atom. The van der Waals surface area contributed by atoms with E-state index in [1.54, 1.807) is 14.2 Å². The number of rotatable bonds is 14. The third-order valence-corrected chi connectivity index (χ3v) is 9.01. The third kappa shape index (κ3) is 7.63. The zero-order valence-corrected chi connectivity index (χ0v) is 27.3. The molecule has 0 amide bonds. The van der Waals surface area contributed by atoms with Crippen LogP contribution in [0.1, 0.15) is 35.1 Å². The molecule has 1 aliphatic heterocycles. The molecule has 0 unspecified atom stereocenters. The minimum atomic E-state index is 0.0752. The molecule has 9 heteroatoms. The highest BCUT2D eigenvalue weighted by Crippen LogP contribution is 2.40. The van der Waals surface area contributed by atoms with Gasteiger partial charge in [-0.25, -0.2) is 0 Å². The van der Waals surface area contributed by atoms with Crippen molar-refractivity contribution in [3.63, 3.8) is 0 Å². The van der Waals surface area contributed by atoms with Crippen LogP contribution in [0.25, 0.3) is 22.3 Å². The lowest BCUT2D eigenvalue weighted by atomic mass is 9.94. The highest BCUT2D eigenvalue weighted by molar-refractivity contribution is 6.36. The van der Waals surface area contributed by atoms with Crippen LogP contribution in [0.2, 0.25) is 10.0 Å². The standard InChI is InChI=1S/C36H40Cl2N4O3/c1-44-34-18-24(11-12-25(34)21-40-13-16-43)28-7-5-9-30(36(28)38)29-8-6-10-33(31(29)20-39)41-22-26-19-35(45-2)27(17-32(26)37)23-42-14-3-4-15-42/h5-12,17-20,39-41,43H,3-4,13-16,21-23H2,1-2H3. The number of nitrogens with zero attached hydrogens (tertiary/aromatic N) is 1. The summed E-state index contributed by atoms with van der Waals surface area (Å²) in [5, 5.41) is 25.4. The van der Waals surface area contributed by atoms with Crippen molar-refractivity contribution < 1.29 is 14.6 Å². The molecule has 4 aromatic carbocycles. The number of halogens is 2. The van der Waals surface area contributed by atoms with Crippen molar-refractivity contribution in [2.75, 3.05) is 45.8 Å². The first-order valence-electron chi connectivity index (χ1n) is 15.2. The Hall–Kier alpha value is -3.59. The van der Waals surface area contributed by atoms with E-state index in [9.17, 15) is 0 Å². The maximum absolute atomic E-state index is 9.09. The Bertz CT molecular complexity index is 1640. The van der Waals surface area contributed by atoms with Crippen LogP contribution in [0, 0.1) is 5.41 Å². The summed E-state index contributed by atoms with van der Waals surface area (Å²) in [6, 6.07) is 21.9. The van der Waals surface area contributed by atoms with E-state index in [0.717, 1.165) is 81.3 Å². The van der Waals surface area contributed by atoms with Gasteiger partial charge < -0.3 is 30.6 Å². The first-order chi connectivity index (χ1) is 22.0. The summed E-state index contributed by atoms with van der Waals surface area (Å²) in [5.41, 5.74) is 8.01. The molecule has 7 nitrogen and oxygen atoms in total. The van der Waals surface area contributed by atoms with Crippen molar-refractivity contribution in [3.05, 3.63) is 99.0 Å². The van der Waals surface area contributed by atoms with E-state index in [1.165, 1.54) is 19.1 Å². The fourth-order valence-electron chi connectivity index (χ4n) is 5.89. The Balaban J connectivity index is 1.40. The molecular weight excluding hydrogens is 607 g/mol. The summed E-state index contributed by atoms with van der Waals surface area (Å²) in [4.78, 5) is 2.43. The summed E-state index contributed by atoms with van der Waals surface area (Å²) in [5.74, 6) is 1.57. The monoisotopic (exact) mass is 646 g/mol. The number of aliphatic hydroxyl groups excluding tert-OH is 1. The van der Waals surface area contributed by atoms with Gasteiger partial charge in [0.2, 0.25) is 0 Å². The Labute approximate surface area is 275 Å². The van der Waals surface area contributed by atoms with Crippen LogP contribution in [0.3, 0.4) is 0 Å². The molecule has 0 spiro atoms. The minimum absolute atomic E-state index is 0.0752. The fraction of sp³-hybridized carbons (Fsp3) is 0.306. The summed E-state index contributed by atoms with van der Waals surface area (Å²) >= 11 is 13.9. The number of hydrogen-bond donors (Lipinski definition) is 4. The number of hydrogen-bond acceptors (Lipinski definition) is 7. The van der Waals surface area contributed by atoms with Gasteiger partial charge in [0, 0.05) is 70.9 Å². The second kappa shape index (κ2) is 15.6. The molecule has 4 aromatic rings. The van der Waals surface area contributed by atoms with Gasteiger partial charge in [-0.05, 0) is 66.9 Å². The topological polar surface area (TPSA) is 89.8 Å². The van der Waals surface area contributed by atoms with Gasteiger partial charge in [0.25, 0.3) is 0 Å². The van der Waals surface area contributed by atoms with Gasteiger partial charge in [0.15, 0.2) is 0 Å². The van der Waals surface area contributed by atoms with Crippen molar-refractivity contribution in [1.82, 2.24) is 10.2 Å². The molecule has 1 saturated heterocycles. The third-order valence-electron chi connectivity index (χ3n) is 8.25. The van der Waals surface area contributed by atoms with E-state index in [-0.39, 0.29) is 6.61 Å². The number of methoxy groups -OCH3 is 2. The van der Waals surface area contributed by atoms with Gasteiger partial charge in [0.1, 0.15) is 11.5 Å². The van der Waals surface area contributed by atoms with Gasteiger partial charge in [0.05, 0.1) is 25.8 Å². The van der Waals surface area contributed by atoms with Crippen LogP contribution in [0.4, 0.5) is 5.69 Å². The molecule has 1 aliphatic rings. The maximum Gasteiger partial charge on any atom is 0.123 e. The second-order valence-electron chi connectivity index (χ2n) is 11.1. The fourth-order valence-corrected chi connectivity index (χ4v) is 6.48. The molecule has 0 aliphatic carbocycles. The summed E-state index contributed by atoms with van der Waals surface area (Å²) in [6.45, 7) is 4.67. The van der Waals surface area contributed by atoms with E-state index in [4.69, 9.17) is 43.2 Å². The van der Waals surface area contributed by atoms with Crippen molar-refractivity contribution >= 4 is 35.1 Å². The van der Waals surface area contributed by atoms with Crippen molar-refractivity contribution in [2.45, 2.75) is 32.5 Å². The van der Waals surface area contributed by atoms with Crippen molar-refractivity contribution in [1.29, 1.82) is 5.41 Å². The van der Waals surface area contributed by atoms with E-state index in [0.29, 0.717) is 29.7 Å². The van der Waals surface area contributed by atoms with Gasteiger partial charge in [-0.3, -0.25) is 4.90 Å². The lowest BCUT2D eigenvalue weighted by molar-refractivity contribution is 0.291. The molecule has 1 heterocycles. The second-order valence-corrected chi connectivity index (χ2v) is 11.9. The lowest BCUT2D eigenvalue weighted by Gasteiger charge is -2.19. The van der Waals surface area contributed by atoms with Gasteiger partial charge >= 0.3 is 0 Å². The van der Waals surface area contributed by atoms with Gasteiger partial charge in [-0.15, -0.1) is 0 Å². The first kappa shape index (κ1) is 32.8. The molecule has 5 rings (SSSR count). The molecule has 45 heavy (non-hydrogen) atoms. The number of ether oxygens (including phenoxy) is 2. The number of benzene rings is 4. The predicted octanol–water partition coefficient (Wildman–Crippen LogP) is 7.63.